The highest BCUT2D eigenvalue weighted by Crippen LogP contribution is 1.97. The Kier molecular flexibility index (Phi) is 13.6. The van der Waals surface area contributed by atoms with Crippen molar-refractivity contribution >= 4 is 23.9 Å². The van der Waals surface area contributed by atoms with Crippen molar-refractivity contribution in [1.29, 1.82) is 0 Å². The number of carbonyl (C=O) groups excluding carboxylic acids is 1. The highest BCUT2D eigenvalue weighted by Gasteiger charge is 2.20. The number of hydrogen-bond donors (Lipinski definition) is 6. The smallest absolute Gasteiger partial charge is 0.326 e. The molecule has 0 fully saturated rings. The zero-order chi connectivity index (χ0) is 17.5. The van der Waals surface area contributed by atoms with Crippen molar-refractivity contribution in [2.24, 2.45) is 5.73 Å². The van der Waals surface area contributed by atoms with Gasteiger partial charge < -0.3 is 31.7 Å². The Balaban J connectivity index is 0. The molecule has 2 amide bonds. The Morgan fingerprint density at radius 3 is 2.00 bits per heavy atom. The maximum Gasteiger partial charge on any atom is 0.326 e. The number of nitrogens with one attached hydrogen (secondary N) is 2. The molecule has 0 aliphatic rings. The van der Waals surface area contributed by atoms with Gasteiger partial charge in [-0.05, 0) is 19.4 Å². The summed E-state index contributed by atoms with van der Waals surface area (Å²) in [5.74, 6) is -3.86. The van der Waals surface area contributed by atoms with Crippen LogP contribution in [0.15, 0.2) is 0 Å². The van der Waals surface area contributed by atoms with Crippen molar-refractivity contribution < 1.29 is 34.5 Å². The minimum absolute atomic E-state index is 0.287. The minimum atomic E-state index is -1.39. The first kappa shape index (κ1) is 21.9. The van der Waals surface area contributed by atoms with E-state index in [1.54, 1.807) is 0 Å². The molecular formula is C12H23N3O7. The molecule has 0 bridgehead atoms. The highest BCUT2D eigenvalue weighted by molar-refractivity contribution is 5.85. The molecule has 0 aromatic rings. The van der Waals surface area contributed by atoms with Crippen molar-refractivity contribution in [3.8, 4) is 0 Å². The van der Waals surface area contributed by atoms with Crippen LogP contribution in [0.5, 0.6) is 0 Å². The molecule has 7 N–H and O–H groups in total. The fourth-order valence-electron chi connectivity index (χ4n) is 1.09. The van der Waals surface area contributed by atoms with Crippen molar-refractivity contribution in [3.63, 3.8) is 0 Å². The van der Waals surface area contributed by atoms with Crippen LogP contribution in [0.3, 0.4) is 0 Å². The number of nitrogens with two attached hydrogens (primary N) is 1. The van der Waals surface area contributed by atoms with E-state index in [2.05, 4.69) is 6.92 Å². The molecule has 1 unspecified atom stereocenters. The summed E-state index contributed by atoms with van der Waals surface area (Å²) in [6, 6.07) is -2.36. The predicted molar refractivity (Wildman–Crippen MR) is 76.4 cm³/mol. The third kappa shape index (κ3) is 15.7. The van der Waals surface area contributed by atoms with E-state index in [1.807, 2.05) is 10.6 Å². The number of carboxylic acids is 3. The maximum atomic E-state index is 11.0. The third-order valence-corrected chi connectivity index (χ3v) is 2.21. The van der Waals surface area contributed by atoms with E-state index < -0.39 is 42.9 Å². The molecular weight excluding hydrogens is 298 g/mol. The largest absolute Gasteiger partial charge is 0.481 e. The third-order valence-electron chi connectivity index (χ3n) is 2.21. The molecule has 0 aliphatic heterocycles. The summed E-state index contributed by atoms with van der Waals surface area (Å²) in [7, 11) is 0. The topological polar surface area (TPSA) is 179 Å². The fourth-order valence-corrected chi connectivity index (χ4v) is 1.09. The van der Waals surface area contributed by atoms with Gasteiger partial charge in [-0.1, -0.05) is 13.3 Å². The number of aliphatic carboxylic acids is 3. The normalized spacial score (nSPS) is 10.6. The number of hydrogen-bond acceptors (Lipinski definition) is 5. The van der Waals surface area contributed by atoms with Gasteiger partial charge in [0.2, 0.25) is 0 Å². The van der Waals surface area contributed by atoms with Crippen molar-refractivity contribution in [3.05, 3.63) is 0 Å². The molecule has 0 aromatic heterocycles. The van der Waals surface area contributed by atoms with E-state index in [0.29, 0.717) is 0 Å². The van der Waals surface area contributed by atoms with Crippen LogP contribution in [0, 0.1) is 0 Å². The Hall–Kier alpha value is -2.36. The molecule has 0 aromatic carbocycles. The molecule has 128 valence electrons. The van der Waals surface area contributed by atoms with Gasteiger partial charge in [-0.15, -0.1) is 0 Å². The standard InChI is InChI=1S/C8H12N2O7.C4H11N/c11-5(12)2-1-4(7(15)16)10-8(17)9-3-6(13)14;1-2-3-4-5/h4H,1-3H2,(H,11,12)(H,13,14)(H,15,16)(H2,9,10,17);2-5H2,1H3. The summed E-state index contributed by atoms with van der Waals surface area (Å²) in [5, 5.41) is 29.1. The van der Waals surface area contributed by atoms with Crippen LogP contribution >= 0.6 is 0 Å². The van der Waals surface area contributed by atoms with Gasteiger partial charge in [-0.2, -0.15) is 0 Å². The van der Waals surface area contributed by atoms with E-state index >= 15 is 0 Å². The zero-order valence-corrected chi connectivity index (χ0v) is 12.4. The molecule has 1 atom stereocenters. The van der Waals surface area contributed by atoms with Crippen LogP contribution < -0.4 is 16.4 Å². The van der Waals surface area contributed by atoms with E-state index in [9.17, 15) is 19.2 Å². The Labute approximate surface area is 127 Å². The second-order valence-corrected chi connectivity index (χ2v) is 4.19. The molecule has 10 nitrogen and oxygen atoms in total. The van der Waals surface area contributed by atoms with E-state index in [-0.39, 0.29) is 6.42 Å². The number of rotatable bonds is 9. The lowest BCUT2D eigenvalue weighted by molar-refractivity contribution is -0.140. The predicted octanol–water partition coefficient (Wildman–Crippen LogP) is -0.567. The molecule has 0 aliphatic carbocycles. The van der Waals surface area contributed by atoms with Gasteiger partial charge in [-0.25, -0.2) is 9.59 Å². The zero-order valence-electron chi connectivity index (χ0n) is 12.4. The Morgan fingerprint density at radius 2 is 1.68 bits per heavy atom. The summed E-state index contributed by atoms with van der Waals surface area (Å²) >= 11 is 0. The van der Waals surface area contributed by atoms with Gasteiger partial charge in [-0.3, -0.25) is 9.59 Å². The number of urea groups is 1. The van der Waals surface area contributed by atoms with Gasteiger partial charge in [0.1, 0.15) is 12.6 Å². The first-order valence-corrected chi connectivity index (χ1v) is 6.65. The Bertz CT molecular complexity index is 372. The van der Waals surface area contributed by atoms with E-state index in [0.717, 1.165) is 6.54 Å². The van der Waals surface area contributed by atoms with E-state index in [1.165, 1.54) is 12.8 Å². The van der Waals surface area contributed by atoms with E-state index in [4.69, 9.17) is 21.1 Å². The van der Waals surface area contributed by atoms with Crippen molar-refractivity contribution in [1.82, 2.24) is 10.6 Å². The monoisotopic (exact) mass is 321 g/mol. The van der Waals surface area contributed by atoms with Gasteiger partial charge in [0.15, 0.2) is 0 Å². The molecule has 22 heavy (non-hydrogen) atoms. The van der Waals surface area contributed by atoms with Crippen LogP contribution in [0.2, 0.25) is 0 Å². The molecule has 0 heterocycles. The summed E-state index contributed by atoms with van der Waals surface area (Å²) in [6.07, 6.45) is 1.68. The first-order chi connectivity index (χ1) is 10.2. The minimum Gasteiger partial charge on any atom is -0.481 e. The van der Waals surface area contributed by atoms with Crippen molar-refractivity contribution in [2.75, 3.05) is 13.1 Å². The molecule has 10 heteroatoms. The second-order valence-electron chi connectivity index (χ2n) is 4.19. The van der Waals surface area contributed by atoms with Crippen LogP contribution in [0.1, 0.15) is 32.6 Å². The van der Waals surface area contributed by atoms with Gasteiger partial charge in [0, 0.05) is 6.42 Å². The lowest BCUT2D eigenvalue weighted by atomic mass is 10.1. The first-order valence-electron chi connectivity index (χ1n) is 6.65. The summed E-state index contributed by atoms with van der Waals surface area (Å²) < 4.78 is 0. The summed E-state index contributed by atoms with van der Waals surface area (Å²) in [5.41, 5.74) is 5.14. The lowest BCUT2D eigenvalue weighted by Gasteiger charge is -2.13. The number of unbranched alkanes of at least 4 members (excludes halogenated alkanes) is 1. The maximum absolute atomic E-state index is 11.0. The van der Waals surface area contributed by atoms with Crippen LogP contribution in [-0.4, -0.2) is 58.4 Å². The molecule has 0 radical (unpaired) electrons. The van der Waals surface area contributed by atoms with Gasteiger partial charge >= 0.3 is 23.9 Å². The molecule has 0 saturated carbocycles. The Morgan fingerprint density at radius 1 is 1.09 bits per heavy atom. The average Bonchev–Trinajstić information content (AvgIpc) is 2.42. The molecule has 0 rings (SSSR count). The quantitative estimate of drug-likeness (QED) is 0.326. The van der Waals surface area contributed by atoms with Crippen LogP contribution in [0.4, 0.5) is 4.79 Å². The van der Waals surface area contributed by atoms with Gasteiger partial charge in [0.25, 0.3) is 0 Å². The molecule has 0 spiro atoms. The second kappa shape index (κ2) is 13.6. The van der Waals surface area contributed by atoms with Gasteiger partial charge in [0.05, 0.1) is 0 Å². The van der Waals surface area contributed by atoms with Crippen molar-refractivity contribution in [2.45, 2.75) is 38.6 Å². The number of carboxylic acid groups (broad SMARTS) is 3. The number of amides is 2. The fraction of sp³-hybridized carbons (Fsp3) is 0.667. The molecule has 0 saturated heterocycles. The number of carbonyl (C=O) groups is 4. The average molecular weight is 321 g/mol. The van der Waals surface area contributed by atoms with Crippen LogP contribution in [-0.2, 0) is 14.4 Å². The van der Waals surface area contributed by atoms with Crippen LogP contribution in [0.25, 0.3) is 0 Å². The lowest BCUT2D eigenvalue weighted by Crippen LogP contribution is -2.47. The SMILES string of the molecule is CCCCN.O=C(O)CCC(NC(=O)NCC(=O)O)C(=O)O. The summed E-state index contributed by atoms with van der Waals surface area (Å²) in [6.45, 7) is 2.32. The summed E-state index contributed by atoms with van der Waals surface area (Å²) in [4.78, 5) is 42.0. The highest BCUT2D eigenvalue weighted by atomic mass is 16.4.